The van der Waals surface area contributed by atoms with Crippen molar-refractivity contribution in [2.24, 2.45) is 0 Å². The summed E-state index contributed by atoms with van der Waals surface area (Å²) < 4.78 is 23.5. The number of halogens is 2. The first-order chi connectivity index (χ1) is 9.79. The lowest BCUT2D eigenvalue weighted by Gasteiger charge is -2.16. The van der Waals surface area contributed by atoms with Gasteiger partial charge in [-0.25, -0.2) is 13.4 Å². The third kappa shape index (κ3) is 3.84. The number of nitrogens with zero attached hydrogens (tertiary/aromatic N) is 2. The van der Waals surface area contributed by atoms with Gasteiger partial charge in [-0.3, -0.25) is 0 Å². The SMILES string of the molecule is CC(c1ccccc1Nc1nc(Cl)ncc1Cl)S(C)(=O)=O. The summed E-state index contributed by atoms with van der Waals surface area (Å²) in [6.07, 6.45) is 2.57. The van der Waals surface area contributed by atoms with Crippen molar-refractivity contribution < 1.29 is 8.42 Å². The van der Waals surface area contributed by atoms with Gasteiger partial charge in [0.25, 0.3) is 0 Å². The molecule has 0 radical (unpaired) electrons. The lowest BCUT2D eigenvalue weighted by Crippen LogP contribution is -2.10. The van der Waals surface area contributed by atoms with Crippen LogP contribution in [0.25, 0.3) is 0 Å². The van der Waals surface area contributed by atoms with E-state index in [2.05, 4.69) is 15.3 Å². The molecule has 1 atom stereocenters. The number of nitrogens with one attached hydrogen (secondary N) is 1. The van der Waals surface area contributed by atoms with Crippen LogP contribution in [0.5, 0.6) is 0 Å². The molecule has 0 aliphatic carbocycles. The molecular weight excluding hydrogens is 333 g/mol. The van der Waals surface area contributed by atoms with Crippen LogP contribution >= 0.6 is 23.2 Å². The van der Waals surface area contributed by atoms with Gasteiger partial charge in [-0.05, 0) is 30.2 Å². The zero-order valence-corrected chi connectivity index (χ0v) is 13.7. The number of rotatable bonds is 4. The number of anilines is 2. The number of aromatic nitrogens is 2. The lowest BCUT2D eigenvalue weighted by atomic mass is 10.1. The average Bonchev–Trinajstić information content (AvgIpc) is 2.42. The van der Waals surface area contributed by atoms with Gasteiger partial charge in [-0.1, -0.05) is 29.8 Å². The molecule has 0 bridgehead atoms. The second kappa shape index (κ2) is 6.17. The highest BCUT2D eigenvalue weighted by Crippen LogP contribution is 2.31. The largest absolute Gasteiger partial charge is 0.339 e. The standard InChI is InChI=1S/C13H13Cl2N3O2S/c1-8(21(2,19)20)9-5-3-4-6-11(9)17-12-10(14)7-16-13(15)18-12/h3-8H,1-2H3,(H,16,17,18). The summed E-state index contributed by atoms with van der Waals surface area (Å²) in [5.74, 6) is 0.324. The fourth-order valence-corrected chi connectivity index (χ4v) is 2.70. The summed E-state index contributed by atoms with van der Waals surface area (Å²) in [6, 6.07) is 7.06. The Bertz CT molecular complexity index is 766. The number of para-hydroxylation sites is 1. The first-order valence-electron chi connectivity index (χ1n) is 6.02. The molecule has 1 N–H and O–H groups in total. The highest BCUT2D eigenvalue weighted by Gasteiger charge is 2.20. The molecule has 112 valence electrons. The van der Waals surface area contributed by atoms with Gasteiger partial charge in [0.15, 0.2) is 15.7 Å². The van der Waals surface area contributed by atoms with Crippen LogP contribution in [0.1, 0.15) is 17.7 Å². The number of hydrogen-bond acceptors (Lipinski definition) is 5. The molecule has 1 unspecified atom stereocenters. The van der Waals surface area contributed by atoms with E-state index in [1.807, 2.05) is 0 Å². The Morgan fingerprint density at radius 2 is 1.90 bits per heavy atom. The summed E-state index contributed by atoms with van der Waals surface area (Å²) in [6.45, 7) is 1.63. The fourth-order valence-electron chi connectivity index (χ4n) is 1.76. The molecule has 8 heteroatoms. The number of benzene rings is 1. The summed E-state index contributed by atoms with van der Waals surface area (Å²) in [5.41, 5.74) is 1.23. The van der Waals surface area contributed by atoms with E-state index < -0.39 is 15.1 Å². The smallest absolute Gasteiger partial charge is 0.224 e. The number of sulfone groups is 1. The van der Waals surface area contributed by atoms with E-state index in [4.69, 9.17) is 23.2 Å². The van der Waals surface area contributed by atoms with Crippen LogP contribution in [0.15, 0.2) is 30.5 Å². The van der Waals surface area contributed by atoms with Crippen molar-refractivity contribution in [3.8, 4) is 0 Å². The van der Waals surface area contributed by atoms with Gasteiger partial charge < -0.3 is 5.32 Å². The van der Waals surface area contributed by atoms with E-state index in [1.54, 1.807) is 31.2 Å². The lowest BCUT2D eigenvalue weighted by molar-refractivity contribution is 0.592. The average molecular weight is 346 g/mol. The maximum absolute atomic E-state index is 11.8. The van der Waals surface area contributed by atoms with Crippen molar-refractivity contribution in [1.82, 2.24) is 9.97 Å². The first kappa shape index (κ1) is 16.0. The Morgan fingerprint density at radius 3 is 2.57 bits per heavy atom. The Labute approximate surface area is 133 Å². The van der Waals surface area contributed by atoms with E-state index in [0.717, 1.165) is 0 Å². The van der Waals surface area contributed by atoms with Crippen molar-refractivity contribution in [2.75, 3.05) is 11.6 Å². The normalized spacial score (nSPS) is 13.0. The summed E-state index contributed by atoms with van der Waals surface area (Å²) in [7, 11) is -3.22. The van der Waals surface area contributed by atoms with E-state index in [1.165, 1.54) is 12.5 Å². The molecule has 2 aromatic rings. The zero-order valence-electron chi connectivity index (χ0n) is 11.3. The van der Waals surface area contributed by atoms with Gasteiger partial charge in [0.2, 0.25) is 5.28 Å². The quantitative estimate of drug-likeness (QED) is 0.856. The van der Waals surface area contributed by atoms with E-state index >= 15 is 0 Å². The Balaban J connectivity index is 2.44. The van der Waals surface area contributed by atoms with Crippen LogP contribution in [-0.2, 0) is 9.84 Å². The summed E-state index contributed by atoms with van der Waals surface area (Å²) >= 11 is 11.7. The monoisotopic (exact) mass is 345 g/mol. The van der Waals surface area contributed by atoms with Crippen LogP contribution in [0.2, 0.25) is 10.3 Å². The van der Waals surface area contributed by atoms with Gasteiger partial charge in [0.1, 0.15) is 5.02 Å². The van der Waals surface area contributed by atoms with Crippen LogP contribution < -0.4 is 5.32 Å². The van der Waals surface area contributed by atoms with E-state index in [-0.39, 0.29) is 5.28 Å². The molecule has 0 saturated heterocycles. The van der Waals surface area contributed by atoms with Crippen molar-refractivity contribution >= 4 is 44.5 Å². The van der Waals surface area contributed by atoms with Gasteiger partial charge in [0, 0.05) is 11.9 Å². The molecular formula is C13H13Cl2N3O2S. The molecule has 1 aromatic carbocycles. The Kier molecular flexibility index (Phi) is 4.70. The molecule has 0 amide bonds. The Morgan fingerprint density at radius 1 is 1.24 bits per heavy atom. The van der Waals surface area contributed by atoms with Crippen molar-refractivity contribution in [2.45, 2.75) is 12.2 Å². The topological polar surface area (TPSA) is 72.0 Å². The minimum Gasteiger partial charge on any atom is -0.339 e. The van der Waals surface area contributed by atoms with Gasteiger partial charge >= 0.3 is 0 Å². The molecule has 1 heterocycles. The second-order valence-electron chi connectivity index (χ2n) is 4.52. The molecule has 5 nitrogen and oxygen atoms in total. The predicted molar refractivity (Wildman–Crippen MR) is 85.0 cm³/mol. The van der Waals surface area contributed by atoms with Gasteiger partial charge in [-0.15, -0.1) is 0 Å². The molecule has 0 aliphatic heterocycles. The van der Waals surface area contributed by atoms with Crippen LogP contribution in [-0.4, -0.2) is 24.6 Å². The fraction of sp³-hybridized carbons (Fsp3) is 0.231. The molecule has 1 aromatic heterocycles. The zero-order chi connectivity index (χ0) is 15.6. The van der Waals surface area contributed by atoms with Gasteiger partial charge in [0.05, 0.1) is 11.4 Å². The predicted octanol–water partition coefficient (Wildman–Crippen LogP) is 3.63. The minimum absolute atomic E-state index is 0.0514. The third-order valence-corrected chi connectivity index (χ3v) is 5.01. The van der Waals surface area contributed by atoms with Crippen LogP contribution in [0, 0.1) is 0 Å². The highest BCUT2D eigenvalue weighted by atomic mass is 35.5. The third-order valence-electron chi connectivity index (χ3n) is 3.01. The van der Waals surface area contributed by atoms with Crippen molar-refractivity contribution in [3.05, 3.63) is 46.3 Å². The summed E-state index contributed by atoms with van der Waals surface area (Å²) in [5, 5.41) is 2.69. The Hall–Kier alpha value is -1.37. The van der Waals surface area contributed by atoms with Gasteiger partial charge in [-0.2, -0.15) is 4.98 Å². The molecule has 0 spiro atoms. The molecule has 0 saturated carbocycles. The number of hydrogen-bond donors (Lipinski definition) is 1. The highest BCUT2D eigenvalue weighted by molar-refractivity contribution is 7.90. The molecule has 0 aliphatic rings. The first-order valence-corrected chi connectivity index (χ1v) is 8.73. The van der Waals surface area contributed by atoms with E-state index in [0.29, 0.717) is 22.1 Å². The van der Waals surface area contributed by atoms with E-state index in [9.17, 15) is 8.42 Å². The maximum atomic E-state index is 11.8. The minimum atomic E-state index is -3.22. The summed E-state index contributed by atoms with van der Waals surface area (Å²) in [4.78, 5) is 7.76. The van der Waals surface area contributed by atoms with Crippen molar-refractivity contribution in [3.63, 3.8) is 0 Å². The molecule has 2 rings (SSSR count). The molecule has 0 fully saturated rings. The molecule has 21 heavy (non-hydrogen) atoms. The van der Waals surface area contributed by atoms with Crippen LogP contribution in [0.3, 0.4) is 0 Å². The van der Waals surface area contributed by atoms with Crippen LogP contribution in [0.4, 0.5) is 11.5 Å². The maximum Gasteiger partial charge on any atom is 0.224 e. The second-order valence-corrected chi connectivity index (χ2v) is 7.63. The van der Waals surface area contributed by atoms with Crippen molar-refractivity contribution in [1.29, 1.82) is 0 Å².